The summed E-state index contributed by atoms with van der Waals surface area (Å²) in [5, 5.41) is 0. The molecule has 2 aliphatic heterocycles. The van der Waals surface area contributed by atoms with Crippen molar-refractivity contribution >= 4 is 23.1 Å². The standard InChI is InChI=1S/C29H30N2O4/c1-7-35-28(33)22-17(3)30-25(18-11-9-8-10-12-18)24(22)23-21-14-19(34-6)13-20-16(2)15-29(4,5)31(26(20)21)27(23)32/h8-15,23,30H,7H2,1-6H3. The topological polar surface area (TPSA) is 71.6 Å². The van der Waals surface area contributed by atoms with Gasteiger partial charge in [0.1, 0.15) is 5.75 Å². The van der Waals surface area contributed by atoms with E-state index in [1.807, 2.05) is 68.1 Å². The number of esters is 1. The molecule has 0 saturated carbocycles. The van der Waals surface area contributed by atoms with Crippen LogP contribution in [0.1, 0.15) is 66.4 Å². The molecular weight excluding hydrogens is 440 g/mol. The first kappa shape index (κ1) is 23.0. The molecule has 1 N–H and O–H groups in total. The highest BCUT2D eigenvalue weighted by Crippen LogP contribution is 2.54. The van der Waals surface area contributed by atoms with Gasteiger partial charge in [-0.1, -0.05) is 36.4 Å². The Hall–Kier alpha value is -3.80. The Morgan fingerprint density at radius 3 is 2.51 bits per heavy atom. The maximum atomic E-state index is 14.3. The van der Waals surface area contributed by atoms with Crippen molar-refractivity contribution in [2.24, 2.45) is 0 Å². The number of nitrogens with one attached hydrogen (secondary N) is 1. The number of carbonyl (C=O) groups excluding carboxylic acids is 2. The molecule has 1 amide bonds. The molecule has 180 valence electrons. The highest BCUT2D eigenvalue weighted by atomic mass is 16.5. The number of hydrogen-bond acceptors (Lipinski definition) is 4. The van der Waals surface area contributed by atoms with Gasteiger partial charge in [-0.05, 0) is 63.5 Å². The summed E-state index contributed by atoms with van der Waals surface area (Å²) in [6, 6.07) is 13.7. The number of aromatic nitrogens is 1. The lowest BCUT2D eigenvalue weighted by Crippen LogP contribution is -2.47. The molecule has 0 aliphatic carbocycles. The molecule has 0 radical (unpaired) electrons. The Kier molecular flexibility index (Phi) is 5.35. The number of H-pyrrole nitrogens is 1. The monoisotopic (exact) mass is 470 g/mol. The van der Waals surface area contributed by atoms with E-state index in [2.05, 4.69) is 18.0 Å². The summed E-state index contributed by atoms with van der Waals surface area (Å²) in [6.07, 6.45) is 2.12. The molecule has 0 bridgehead atoms. The first-order valence-electron chi connectivity index (χ1n) is 11.9. The zero-order valence-corrected chi connectivity index (χ0v) is 21.0. The summed E-state index contributed by atoms with van der Waals surface area (Å²) in [4.78, 5) is 32.8. The van der Waals surface area contributed by atoms with Crippen LogP contribution in [0.2, 0.25) is 0 Å². The molecule has 0 spiro atoms. The predicted octanol–water partition coefficient (Wildman–Crippen LogP) is 5.85. The van der Waals surface area contributed by atoms with Crippen LogP contribution in [0, 0.1) is 6.92 Å². The van der Waals surface area contributed by atoms with Crippen molar-refractivity contribution in [2.45, 2.75) is 46.1 Å². The van der Waals surface area contributed by atoms with Gasteiger partial charge in [-0.3, -0.25) is 4.79 Å². The van der Waals surface area contributed by atoms with E-state index in [9.17, 15) is 9.59 Å². The van der Waals surface area contributed by atoms with Gasteiger partial charge in [0, 0.05) is 16.8 Å². The molecule has 6 heteroatoms. The molecule has 2 aromatic carbocycles. The van der Waals surface area contributed by atoms with Crippen molar-refractivity contribution in [1.29, 1.82) is 0 Å². The number of hydrogen-bond donors (Lipinski definition) is 1. The number of allylic oxidation sites excluding steroid dienone is 1. The number of nitrogens with zero attached hydrogens (tertiary/aromatic N) is 1. The molecule has 35 heavy (non-hydrogen) atoms. The summed E-state index contributed by atoms with van der Waals surface area (Å²) >= 11 is 0. The summed E-state index contributed by atoms with van der Waals surface area (Å²) < 4.78 is 11.1. The number of ether oxygens (including phenoxy) is 2. The third-order valence-electron chi connectivity index (χ3n) is 6.98. The largest absolute Gasteiger partial charge is 0.497 e. The van der Waals surface area contributed by atoms with E-state index in [1.54, 1.807) is 14.0 Å². The van der Waals surface area contributed by atoms with E-state index in [0.29, 0.717) is 22.6 Å². The van der Waals surface area contributed by atoms with Crippen LogP contribution in [-0.2, 0) is 9.53 Å². The average molecular weight is 471 g/mol. The Morgan fingerprint density at radius 1 is 1.14 bits per heavy atom. The Bertz CT molecular complexity index is 1380. The lowest BCUT2D eigenvalue weighted by atomic mass is 9.85. The van der Waals surface area contributed by atoms with Crippen LogP contribution in [0.15, 0.2) is 48.5 Å². The molecule has 1 unspecified atom stereocenters. The average Bonchev–Trinajstić information content (AvgIpc) is 3.31. The number of aryl methyl sites for hydroxylation is 1. The molecule has 6 nitrogen and oxygen atoms in total. The van der Waals surface area contributed by atoms with Crippen molar-refractivity contribution < 1.29 is 19.1 Å². The highest BCUT2D eigenvalue weighted by molar-refractivity contribution is 6.14. The van der Waals surface area contributed by atoms with E-state index < -0.39 is 17.4 Å². The minimum absolute atomic E-state index is 0.0648. The van der Waals surface area contributed by atoms with Gasteiger partial charge in [-0.25, -0.2) is 4.79 Å². The fourth-order valence-electron chi connectivity index (χ4n) is 5.64. The fraction of sp³-hybridized carbons (Fsp3) is 0.310. The number of benzene rings is 2. The molecular formula is C29H30N2O4. The van der Waals surface area contributed by atoms with Crippen LogP contribution in [-0.4, -0.2) is 36.1 Å². The Labute approximate surface area is 205 Å². The summed E-state index contributed by atoms with van der Waals surface area (Å²) in [7, 11) is 1.63. The maximum absolute atomic E-state index is 14.3. The first-order chi connectivity index (χ1) is 16.7. The summed E-state index contributed by atoms with van der Waals surface area (Å²) in [5.41, 5.74) is 6.67. The lowest BCUT2D eigenvalue weighted by molar-refractivity contribution is -0.119. The lowest BCUT2D eigenvalue weighted by Gasteiger charge is -2.39. The Balaban J connectivity index is 1.85. The van der Waals surface area contributed by atoms with Crippen molar-refractivity contribution in [3.05, 3.63) is 76.5 Å². The maximum Gasteiger partial charge on any atom is 0.340 e. The number of carbonyl (C=O) groups is 2. The third kappa shape index (κ3) is 3.39. The number of amides is 1. The van der Waals surface area contributed by atoms with E-state index in [1.165, 1.54) is 0 Å². The van der Waals surface area contributed by atoms with Crippen LogP contribution in [0.5, 0.6) is 5.75 Å². The third-order valence-corrected chi connectivity index (χ3v) is 6.98. The van der Waals surface area contributed by atoms with Gasteiger partial charge in [-0.15, -0.1) is 0 Å². The van der Waals surface area contributed by atoms with Gasteiger partial charge in [0.2, 0.25) is 5.91 Å². The van der Waals surface area contributed by atoms with Gasteiger partial charge in [0.25, 0.3) is 0 Å². The van der Waals surface area contributed by atoms with E-state index in [4.69, 9.17) is 9.47 Å². The van der Waals surface area contributed by atoms with Gasteiger partial charge in [0.05, 0.1) is 42.1 Å². The smallest absolute Gasteiger partial charge is 0.340 e. The molecule has 1 aromatic heterocycles. The van der Waals surface area contributed by atoms with E-state index in [0.717, 1.165) is 33.6 Å². The normalized spacial score (nSPS) is 17.8. The van der Waals surface area contributed by atoms with Crippen molar-refractivity contribution in [3.8, 4) is 17.0 Å². The Morgan fingerprint density at radius 2 is 1.86 bits per heavy atom. The predicted molar refractivity (Wildman–Crippen MR) is 137 cm³/mol. The van der Waals surface area contributed by atoms with Crippen LogP contribution >= 0.6 is 0 Å². The molecule has 5 rings (SSSR count). The summed E-state index contributed by atoms with van der Waals surface area (Å²) in [6.45, 7) is 10.0. The van der Waals surface area contributed by atoms with Crippen LogP contribution in [0.25, 0.3) is 16.8 Å². The summed E-state index contributed by atoms with van der Waals surface area (Å²) in [5.74, 6) is -0.503. The quantitative estimate of drug-likeness (QED) is 0.475. The molecule has 3 heterocycles. The minimum Gasteiger partial charge on any atom is -0.497 e. The second-order valence-electron chi connectivity index (χ2n) is 9.70. The van der Waals surface area contributed by atoms with E-state index >= 15 is 0 Å². The van der Waals surface area contributed by atoms with Crippen LogP contribution in [0.3, 0.4) is 0 Å². The molecule has 3 aromatic rings. The van der Waals surface area contributed by atoms with Crippen molar-refractivity contribution in [1.82, 2.24) is 4.98 Å². The number of rotatable bonds is 5. The van der Waals surface area contributed by atoms with Gasteiger partial charge in [0.15, 0.2) is 0 Å². The zero-order valence-electron chi connectivity index (χ0n) is 21.0. The molecule has 2 aliphatic rings. The van der Waals surface area contributed by atoms with Gasteiger partial charge < -0.3 is 19.4 Å². The second kappa shape index (κ2) is 8.15. The first-order valence-corrected chi connectivity index (χ1v) is 11.9. The SMILES string of the molecule is CCOC(=O)c1c(C)[nH]c(-c2ccccc2)c1C1C(=O)N2c3c(cc(OC)cc31)C(C)=CC2(C)C. The van der Waals surface area contributed by atoms with Gasteiger partial charge >= 0.3 is 5.97 Å². The van der Waals surface area contributed by atoms with Crippen molar-refractivity contribution in [2.75, 3.05) is 18.6 Å². The van der Waals surface area contributed by atoms with E-state index in [-0.39, 0.29) is 12.5 Å². The molecule has 1 atom stereocenters. The van der Waals surface area contributed by atoms with Crippen molar-refractivity contribution in [3.63, 3.8) is 0 Å². The molecule has 0 fully saturated rings. The highest BCUT2D eigenvalue weighted by Gasteiger charge is 2.50. The van der Waals surface area contributed by atoms with Crippen LogP contribution < -0.4 is 9.64 Å². The second-order valence-corrected chi connectivity index (χ2v) is 9.70. The number of anilines is 1. The number of methoxy groups -OCH3 is 1. The van der Waals surface area contributed by atoms with Crippen LogP contribution in [0.4, 0.5) is 5.69 Å². The molecule has 0 saturated heterocycles. The number of aromatic amines is 1. The van der Waals surface area contributed by atoms with Gasteiger partial charge in [-0.2, -0.15) is 0 Å². The fourth-order valence-corrected chi connectivity index (χ4v) is 5.64. The zero-order chi connectivity index (χ0) is 25.1. The minimum atomic E-state index is -0.683.